The van der Waals surface area contributed by atoms with Gasteiger partial charge < -0.3 is 19.3 Å². The molecule has 0 spiro atoms. The fourth-order valence-corrected chi connectivity index (χ4v) is 2.87. The third-order valence-corrected chi connectivity index (χ3v) is 4.53. The van der Waals surface area contributed by atoms with Gasteiger partial charge in [0.15, 0.2) is 6.61 Å². The first-order valence-corrected chi connectivity index (χ1v) is 9.03. The Morgan fingerprint density at radius 2 is 1.63 bits per heavy atom. The molecule has 7 nitrogen and oxygen atoms in total. The molecular weight excluding hydrogens is 348 g/mol. The van der Waals surface area contributed by atoms with Crippen LogP contribution in [0, 0.1) is 13.8 Å². The number of ether oxygens (including phenoxy) is 2. The molecule has 1 aliphatic rings. The third kappa shape index (κ3) is 5.84. The lowest BCUT2D eigenvalue weighted by molar-refractivity contribution is -0.148. The average Bonchev–Trinajstić information content (AvgIpc) is 2.67. The number of hydrogen-bond acceptors (Lipinski definition) is 6. The highest BCUT2D eigenvalue weighted by Gasteiger charge is 2.22. The summed E-state index contributed by atoms with van der Waals surface area (Å²) in [6, 6.07) is 6.22. The second-order valence-corrected chi connectivity index (χ2v) is 6.28. The van der Waals surface area contributed by atoms with Crippen LogP contribution in [0.25, 0.3) is 0 Å². The van der Waals surface area contributed by atoms with Crippen molar-refractivity contribution in [1.29, 1.82) is 0 Å². The number of hydrogen-bond donors (Lipinski definition) is 0. The van der Waals surface area contributed by atoms with Gasteiger partial charge in [-0.05, 0) is 38.0 Å². The molecule has 0 atom stereocenters. The summed E-state index contributed by atoms with van der Waals surface area (Å²) in [5.41, 5.74) is 3.69. The molecule has 7 heteroatoms. The minimum atomic E-state index is -0.745. The molecule has 0 unspecified atom stereocenters. The zero-order chi connectivity index (χ0) is 19.8. The number of esters is 2. The molecule has 0 aromatic heterocycles. The monoisotopic (exact) mass is 374 g/mol. The maximum atomic E-state index is 12.2. The first-order valence-electron chi connectivity index (χ1n) is 9.03. The van der Waals surface area contributed by atoms with Gasteiger partial charge in [0.05, 0.1) is 6.61 Å². The molecule has 146 valence electrons. The van der Waals surface area contributed by atoms with E-state index >= 15 is 0 Å². The minimum Gasteiger partial charge on any atom is -0.463 e. The lowest BCUT2D eigenvalue weighted by atomic mass is 10.1. The van der Waals surface area contributed by atoms with Crippen molar-refractivity contribution in [1.82, 2.24) is 4.90 Å². The van der Waals surface area contributed by atoms with Crippen molar-refractivity contribution in [3.63, 3.8) is 0 Å². The molecule has 1 aromatic rings. The number of anilines is 1. The fraction of sp³-hybridized carbons (Fsp3) is 0.450. The Kier molecular flexibility index (Phi) is 7.40. The highest BCUT2D eigenvalue weighted by molar-refractivity contribution is 5.92. The Morgan fingerprint density at radius 1 is 1.00 bits per heavy atom. The zero-order valence-electron chi connectivity index (χ0n) is 16.1. The Balaban J connectivity index is 1.79. The minimum absolute atomic E-state index is 0.227. The molecule has 1 heterocycles. The molecule has 0 radical (unpaired) electrons. The quantitative estimate of drug-likeness (QED) is 0.556. The van der Waals surface area contributed by atoms with Gasteiger partial charge in [0.25, 0.3) is 5.91 Å². The van der Waals surface area contributed by atoms with E-state index in [1.165, 1.54) is 16.8 Å². The maximum Gasteiger partial charge on any atom is 0.331 e. The molecule has 0 N–H and O–H groups in total. The highest BCUT2D eigenvalue weighted by Crippen LogP contribution is 2.23. The number of aryl methyl sites for hydroxylation is 1. The SMILES string of the molecule is CCOC(=O)/C=C/C(=O)OCC(=O)N1CCN(c2cccc(C)c2C)CC1. The smallest absolute Gasteiger partial charge is 0.331 e. The lowest BCUT2D eigenvalue weighted by Crippen LogP contribution is -2.50. The topological polar surface area (TPSA) is 76.2 Å². The molecule has 0 saturated carbocycles. The normalized spacial score (nSPS) is 14.3. The van der Waals surface area contributed by atoms with Crippen LogP contribution in [0.2, 0.25) is 0 Å². The highest BCUT2D eigenvalue weighted by atomic mass is 16.5. The Bertz CT molecular complexity index is 721. The first kappa shape index (κ1) is 20.5. The lowest BCUT2D eigenvalue weighted by Gasteiger charge is -2.37. The summed E-state index contributed by atoms with van der Waals surface area (Å²) in [7, 11) is 0. The molecule has 27 heavy (non-hydrogen) atoms. The van der Waals surface area contributed by atoms with E-state index in [4.69, 9.17) is 4.74 Å². The van der Waals surface area contributed by atoms with Crippen molar-refractivity contribution in [3.05, 3.63) is 41.5 Å². The number of benzene rings is 1. The van der Waals surface area contributed by atoms with Gasteiger partial charge in [0, 0.05) is 44.0 Å². The van der Waals surface area contributed by atoms with Crippen LogP contribution in [-0.2, 0) is 23.9 Å². The van der Waals surface area contributed by atoms with Crippen LogP contribution in [0.3, 0.4) is 0 Å². The summed E-state index contributed by atoms with van der Waals surface area (Å²) in [5.74, 6) is -1.61. The number of carbonyl (C=O) groups excluding carboxylic acids is 3. The second-order valence-electron chi connectivity index (χ2n) is 6.28. The predicted molar refractivity (Wildman–Crippen MR) is 101 cm³/mol. The summed E-state index contributed by atoms with van der Waals surface area (Å²) < 4.78 is 9.56. The number of rotatable bonds is 6. The van der Waals surface area contributed by atoms with Gasteiger partial charge in [0.1, 0.15) is 0 Å². The number of nitrogens with zero attached hydrogens (tertiary/aromatic N) is 2. The summed E-state index contributed by atoms with van der Waals surface area (Å²) in [4.78, 5) is 38.8. The summed E-state index contributed by atoms with van der Waals surface area (Å²) in [6.45, 7) is 8.35. The zero-order valence-corrected chi connectivity index (χ0v) is 16.1. The van der Waals surface area contributed by atoms with E-state index in [1.54, 1.807) is 11.8 Å². The largest absolute Gasteiger partial charge is 0.463 e. The number of carbonyl (C=O) groups is 3. The van der Waals surface area contributed by atoms with Crippen LogP contribution in [0.1, 0.15) is 18.1 Å². The van der Waals surface area contributed by atoms with Crippen molar-refractivity contribution in [2.45, 2.75) is 20.8 Å². The molecular formula is C20H26N2O5. The Morgan fingerprint density at radius 3 is 2.26 bits per heavy atom. The van der Waals surface area contributed by atoms with Gasteiger partial charge >= 0.3 is 11.9 Å². The van der Waals surface area contributed by atoms with E-state index in [0.717, 1.165) is 25.2 Å². The molecule has 1 amide bonds. The van der Waals surface area contributed by atoms with Gasteiger partial charge in [-0.25, -0.2) is 9.59 Å². The number of amides is 1. The predicted octanol–water partition coefficient (Wildman–Crippen LogP) is 1.61. The van der Waals surface area contributed by atoms with E-state index in [0.29, 0.717) is 13.1 Å². The Labute approximate surface area is 159 Å². The van der Waals surface area contributed by atoms with Crippen molar-refractivity contribution >= 4 is 23.5 Å². The summed E-state index contributed by atoms with van der Waals surface area (Å²) in [5, 5.41) is 0. The van der Waals surface area contributed by atoms with Gasteiger partial charge in [-0.2, -0.15) is 0 Å². The van der Waals surface area contributed by atoms with Crippen LogP contribution in [-0.4, -0.2) is 62.1 Å². The molecule has 0 aliphatic carbocycles. The van der Waals surface area contributed by atoms with Gasteiger partial charge in [-0.3, -0.25) is 4.79 Å². The van der Waals surface area contributed by atoms with Gasteiger partial charge in [-0.15, -0.1) is 0 Å². The third-order valence-electron chi connectivity index (χ3n) is 4.53. The molecule has 0 bridgehead atoms. The van der Waals surface area contributed by atoms with E-state index in [-0.39, 0.29) is 19.1 Å². The first-order chi connectivity index (χ1) is 12.9. The van der Waals surface area contributed by atoms with Gasteiger partial charge in [0.2, 0.25) is 0 Å². The van der Waals surface area contributed by atoms with Gasteiger partial charge in [-0.1, -0.05) is 12.1 Å². The van der Waals surface area contributed by atoms with E-state index in [9.17, 15) is 14.4 Å². The van der Waals surface area contributed by atoms with Crippen molar-refractivity contribution < 1.29 is 23.9 Å². The van der Waals surface area contributed by atoms with Crippen LogP contribution in [0.15, 0.2) is 30.4 Å². The standard InChI is InChI=1S/C20H26N2O5/c1-4-26-19(24)8-9-20(25)27-14-18(23)22-12-10-21(11-13-22)17-7-5-6-15(2)16(17)3/h5-9H,4,10-14H2,1-3H3/b9-8+. The maximum absolute atomic E-state index is 12.2. The van der Waals surface area contributed by atoms with E-state index in [2.05, 4.69) is 35.6 Å². The molecule has 1 fully saturated rings. The van der Waals surface area contributed by atoms with E-state index < -0.39 is 11.9 Å². The molecule has 1 aliphatic heterocycles. The van der Waals surface area contributed by atoms with Crippen molar-refractivity contribution in [2.75, 3.05) is 44.3 Å². The summed E-state index contributed by atoms with van der Waals surface area (Å²) >= 11 is 0. The second kappa shape index (κ2) is 9.75. The van der Waals surface area contributed by atoms with Crippen LogP contribution in [0.5, 0.6) is 0 Å². The molecule has 2 rings (SSSR count). The summed E-state index contributed by atoms with van der Waals surface area (Å²) in [6.07, 6.45) is 1.95. The van der Waals surface area contributed by atoms with Crippen molar-refractivity contribution in [2.24, 2.45) is 0 Å². The fourth-order valence-electron chi connectivity index (χ4n) is 2.87. The molecule has 1 aromatic carbocycles. The van der Waals surface area contributed by atoms with Crippen LogP contribution in [0.4, 0.5) is 5.69 Å². The average molecular weight is 374 g/mol. The Hall–Kier alpha value is -2.83. The molecule has 1 saturated heterocycles. The van der Waals surface area contributed by atoms with E-state index in [1.807, 2.05) is 6.07 Å². The van der Waals surface area contributed by atoms with Crippen molar-refractivity contribution in [3.8, 4) is 0 Å². The van der Waals surface area contributed by atoms with Crippen LogP contribution >= 0.6 is 0 Å². The van der Waals surface area contributed by atoms with Crippen LogP contribution < -0.4 is 4.90 Å². The number of piperazine rings is 1.